The molecule has 1 aliphatic carbocycles. The number of nitrogens with zero attached hydrogens (tertiary/aromatic N) is 2. The zero-order chi connectivity index (χ0) is 27.8. The molecule has 1 unspecified atom stereocenters. The fraction of sp³-hybridized carbons (Fsp3) is 0.250. The summed E-state index contributed by atoms with van der Waals surface area (Å²) in [5.41, 5.74) is 14.2. The molecule has 5 rings (SSSR count). The van der Waals surface area contributed by atoms with Gasteiger partial charge in [-0.15, -0.1) is 0 Å². The lowest BCUT2D eigenvalue weighted by Crippen LogP contribution is -2.39. The number of allylic oxidation sites excluding steroid dienone is 3. The monoisotopic (exact) mass is 557 g/mol. The highest BCUT2D eigenvalue weighted by Gasteiger charge is 2.41. The zero-order valence-electron chi connectivity index (χ0n) is 22.1. The lowest BCUT2D eigenvalue weighted by atomic mass is 9.73. The molecule has 0 saturated carbocycles. The van der Waals surface area contributed by atoms with Gasteiger partial charge in [0, 0.05) is 33.4 Å². The number of anilines is 1. The molecule has 3 aromatic rings. The molecule has 0 saturated heterocycles. The molecule has 0 fully saturated rings. The van der Waals surface area contributed by atoms with Crippen molar-refractivity contribution in [3.05, 3.63) is 115 Å². The van der Waals surface area contributed by atoms with Gasteiger partial charge in [0.25, 0.3) is 0 Å². The van der Waals surface area contributed by atoms with E-state index in [2.05, 4.69) is 18.2 Å². The van der Waals surface area contributed by atoms with Crippen molar-refractivity contribution in [3.8, 4) is 11.8 Å². The van der Waals surface area contributed by atoms with Crippen LogP contribution in [0.1, 0.15) is 53.0 Å². The van der Waals surface area contributed by atoms with Crippen LogP contribution in [0.3, 0.4) is 0 Å². The fourth-order valence-corrected chi connectivity index (χ4v) is 5.82. The molecule has 0 radical (unpaired) electrons. The third kappa shape index (κ3) is 5.03. The molecule has 5 nitrogen and oxygen atoms in total. The van der Waals surface area contributed by atoms with Crippen LogP contribution < -0.4 is 15.4 Å². The first-order chi connectivity index (χ1) is 18.7. The topological polar surface area (TPSA) is 79.3 Å². The van der Waals surface area contributed by atoms with Gasteiger partial charge in [-0.05, 0) is 92.3 Å². The quantitative estimate of drug-likeness (QED) is 0.346. The van der Waals surface area contributed by atoms with E-state index in [1.807, 2.05) is 56.0 Å². The van der Waals surface area contributed by atoms with E-state index in [0.29, 0.717) is 52.2 Å². The number of rotatable bonds is 5. The SMILES string of the molecule is Cc1cc(COc2ccc(Cl)cc2)c(C)c(C2C(C#N)=C(N)N(c3ccc(C)c(Cl)c3)C3=C2C(=O)CCC3)c1. The van der Waals surface area contributed by atoms with Crippen LogP contribution in [0.15, 0.2) is 77.3 Å². The highest BCUT2D eigenvalue weighted by molar-refractivity contribution is 6.31. The lowest BCUT2D eigenvalue weighted by Gasteiger charge is -2.40. The van der Waals surface area contributed by atoms with E-state index in [-0.39, 0.29) is 5.78 Å². The van der Waals surface area contributed by atoms with Gasteiger partial charge in [-0.1, -0.05) is 47.0 Å². The Morgan fingerprint density at radius 2 is 1.79 bits per heavy atom. The average Bonchev–Trinajstić information content (AvgIpc) is 2.91. The predicted octanol–water partition coefficient (Wildman–Crippen LogP) is 7.80. The second-order valence-electron chi connectivity index (χ2n) is 10.1. The summed E-state index contributed by atoms with van der Waals surface area (Å²) >= 11 is 12.5. The highest BCUT2D eigenvalue weighted by atomic mass is 35.5. The van der Waals surface area contributed by atoms with E-state index in [0.717, 1.165) is 45.6 Å². The number of Topliss-reactive ketones (excluding diaryl/α,β-unsaturated/α-hetero) is 1. The maximum Gasteiger partial charge on any atom is 0.161 e. The fourth-order valence-electron chi connectivity index (χ4n) is 5.52. The van der Waals surface area contributed by atoms with E-state index in [1.54, 1.807) is 12.1 Å². The van der Waals surface area contributed by atoms with Crippen molar-refractivity contribution in [2.75, 3.05) is 4.90 Å². The molecule has 1 atom stereocenters. The molecule has 2 N–H and O–H groups in total. The largest absolute Gasteiger partial charge is 0.489 e. The maximum absolute atomic E-state index is 13.6. The van der Waals surface area contributed by atoms with Crippen LogP contribution in [0.4, 0.5) is 5.69 Å². The van der Waals surface area contributed by atoms with Gasteiger partial charge in [0.1, 0.15) is 18.2 Å². The first kappa shape index (κ1) is 26.9. The third-order valence-corrected chi connectivity index (χ3v) is 8.20. The molecule has 198 valence electrons. The zero-order valence-corrected chi connectivity index (χ0v) is 23.7. The number of aryl methyl sites for hydroxylation is 2. The van der Waals surface area contributed by atoms with Crippen molar-refractivity contribution < 1.29 is 9.53 Å². The standard InChI is InChI=1S/C32H29Cl2N3O2/c1-18-13-21(17-39-24-11-8-22(33)9-12-24)20(3)25(14-18)30-26(16-35)32(36)37(23-10-7-19(2)27(34)15-23)28-5-4-6-29(38)31(28)30/h7-15,30H,4-6,17,36H2,1-3H3. The van der Waals surface area contributed by atoms with Crippen LogP contribution in [0.25, 0.3) is 0 Å². The Bertz CT molecular complexity index is 1580. The van der Waals surface area contributed by atoms with Crippen molar-refractivity contribution in [2.45, 2.75) is 52.6 Å². The Morgan fingerprint density at radius 3 is 2.49 bits per heavy atom. The van der Waals surface area contributed by atoms with Crippen molar-refractivity contribution >= 4 is 34.7 Å². The number of benzene rings is 3. The number of hydrogen-bond acceptors (Lipinski definition) is 5. The number of carbonyl (C=O) groups is 1. The molecule has 1 heterocycles. The minimum atomic E-state index is -0.552. The van der Waals surface area contributed by atoms with Crippen molar-refractivity contribution in [3.63, 3.8) is 0 Å². The number of nitriles is 1. The maximum atomic E-state index is 13.6. The Kier molecular flexibility index (Phi) is 7.44. The molecular formula is C32H29Cl2N3O2. The van der Waals surface area contributed by atoms with E-state index in [1.165, 1.54) is 0 Å². The van der Waals surface area contributed by atoms with Gasteiger partial charge in [0.05, 0.1) is 17.6 Å². The number of hydrogen-bond donors (Lipinski definition) is 1. The summed E-state index contributed by atoms with van der Waals surface area (Å²) in [6.07, 6.45) is 1.84. The lowest BCUT2D eigenvalue weighted by molar-refractivity contribution is -0.116. The summed E-state index contributed by atoms with van der Waals surface area (Å²) in [7, 11) is 0. The van der Waals surface area contributed by atoms with Gasteiger partial charge in [0.15, 0.2) is 5.78 Å². The number of ketones is 1. The Balaban J connectivity index is 1.63. The predicted molar refractivity (Wildman–Crippen MR) is 156 cm³/mol. The first-order valence-corrected chi connectivity index (χ1v) is 13.7. The number of ether oxygens (including phenoxy) is 1. The highest BCUT2D eigenvalue weighted by Crippen LogP contribution is 2.47. The second-order valence-corrected chi connectivity index (χ2v) is 11.0. The van der Waals surface area contributed by atoms with E-state index >= 15 is 0 Å². The minimum absolute atomic E-state index is 0.0459. The molecule has 3 aromatic carbocycles. The Morgan fingerprint density at radius 1 is 1.05 bits per heavy atom. The molecule has 0 amide bonds. The number of halogens is 2. The van der Waals surface area contributed by atoms with Gasteiger partial charge >= 0.3 is 0 Å². The summed E-state index contributed by atoms with van der Waals surface area (Å²) in [6.45, 7) is 6.29. The average molecular weight is 559 g/mol. The van der Waals surface area contributed by atoms with Gasteiger partial charge < -0.3 is 10.5 Å². The van der Waals surface area contributed by atoms with Gasteiger partial charge in [0.2, 0.25) is 0 Å². The summed E-state index contributed by atoms with van der Waals surface area (Å²) in [6, 6.07) is 19.4. The van der Waals surface area contributed by atoms with Crippen molar-refractivity contribution in [2.24, 2.45) is 5.73 Å². The molecule has 1 aliphatic heterocycles. The molecule has 0 spiro atoms. The van der Waals surface area contributed by atoms with Crippen LogP contribution in [0, 0.1) is 32.1 Å². The minimum Gasteiger partial charge on any atom is -0.489 e. The first-order valence-electron chi connectivity index (χ1n) is 12.9. The number of nitrogens with two attached hydrogens (primary N) is 1. The van der Waals surface area contributed by atoms with Gasteiger partial charge in [-0.3, -0.25) is 9.69 Å². The van der Waals surface area contributed by atoms with Crippen molar-refractivity contribution in [1.82, 2.24) is 0 Å². The summed E-state index contributed by atoms with van der Waals surface area (Å²) < 4.78 is 6.06. The van der Waals surface area contributed by atoms with Gasteiger partial charge in [-0.2, -0.15) is 5.26 Å². The van der Waals surface area contributed by atoms with Crippen molar-refractivity contribution in [1.29, 1.82) is 5.26 Å². The molecule has 2 aliphatic rings. The van der Waals surface area contributed by atoms with Crippen LogP contribution in [0.2, 0.25) is 10.0 Å². The molecule has 7 heteroatoms. The van der Waals surface area contributed by atoms with E-state index in [9.17, 15) is 10.1 Å². The van der Waals surface area contributed by atoms with Crippen LogP contribution in [0.5, 0.6) is 5.75 Å². The Hall–Kier alpha value is -3.72. The molecule has 0 bridgehead atoms. The number of carbonyl (C=O) groups excluding carboxylic acids is 1. The summed E-state index contributed by atoms with van der Waals surface area (Å²) in [5, 5.41) is 11.7. The molecule has 0 aromatic heterocycles. The van der Waals surface area contributed by atoms with Crippen LogP contribution >= 0.6 is 23.2 Å². The Labute approximate surface area is 239 Å². The van der Waals surface area contributed by atoms with Crippen LogP contribution in [-0.4, -0.2) is 5.78 Å². The summed E-state index contributed by atoms with van der Waals surface area (Å²) in [5.74, 6) is 0.533. The smallest absolute Gasteiger partial charge is 0.161 e. The van der Waals surface area contributed by atoms with E-state index < -0.39 is 5.92 Å². The second kappa shape index (κ2) is 10.8. The summed E-state index contributed by atoms with van der Waals surface area (Å²) in [4.78, 5) is 15.4. The van der Waals surface area contributed by atoms with Crippen LogP contribution in [-0.2, 0) is 11.4 Å². The van der Waals surface area contributed by atoms with Gasteiger partial charge in [-0.25, -0.2) is 0 Å². The normalized spacial score (nSPS) is 17.3. The van der Waals surface area contributed by atoms with E-state index in [4.69, 9.17) is 33.7 Å². The third-order valence-electron chi connectivity index (χ3n) is 7.55. The molecular weight excluding hydrogens is 529 g/mol. The molecule has 39 heavy (non-hydrogen) atoms.